The Morgan fingerprint density at radius 2 is 1.83 bits per heavy atom. The molecule has 0 unspecified atom stereocenters. The standard InChI is InChI=1S/C21H25F5N6O.C3H8/c1-31(28)18(19(22)23)17(27)15-10-13(12-6-3-2-4-7-12)20(33)32(30-15)11-16-14(21(24,25)26)8-5-9-29-16;1-3-2/h5,8-10,12,19H,2-4,6-7,11,27-28H2,1H3;3H2,1-2H3/b18-17-;. The van der Waals surface area contributed by atoms with Crippen molar-refractivity contribution >= 4 is 5.70 Å². The fraction of sp³-hybridized carbons (Fsp3) is 0.542. The predicted molar refractivity (Wildman–Crippen MR) is 128 cm³/mol. The summed E-state index contributed by atoms with van der Waals surface area (Å²) in [4.78, 5) is 17.0. The number of rotatable bonds is 6. The van der Waals surface area contributed by atoms with Gasteiger partial charge in [0.1, 0.15) is 11.4 Å². The van der Waals surface area contributed by atoms with Crippen molar-refractivity contribution in [3.05, 3.63) is 63.0 Å². The van der Waals surface area contributed by atoms with Crippen molar-refractivity contribution in [2.24, 2.45) is 11.6 Å². The summed E-state index contributed by atoms with van der Waals surface area (Å²) in [7, 11) is 1.18. The molecule has 3 rings (SSSR count). The van der Waals surface area contributed by atoms with Gasteiger partial charge >= 0.3 is 6.18 Å². The van der Waals surface area contributed by atoms with E-state index in [2.05, 4.69) is 23.9 Å². The van der Waals surface area contributed by atoms with Gasteiger partial charge in [0.15, 0.2) is 0 Å². The predicted octanol–water partition coefficient (Wildman–Crippen LogP) is 4.87. The lowest BCUT2D eigenvalue weighted by atomic mass is 9.84. The van der Waals surface area contributed by atoms with E-state index in [-0.39, 0.29) is 17.2 Å². The van der Waals surface area contributed by atoms with E-state index in [1.54, 1.807) is 0 Å². The normalized spacial score (nSPS) is 15.3. The summed E-state index contributed by atoms with van der Waals surface area (Å²) in [6.45, 7) is 3.65. The molecule has 0 bridgehead atoms. The molecule has 1 saturated carbocycles. The number of pyridine rings is 1. The highest BCUT2D eigenvalue weighted by atomic mass is 19.4. The lowest BCUT2D eigenvalue weighted by Gasteiger charge is -2.24. The lowest BCUT2D eigenvalue weighted by Crippen LogP contribution is -2.34. The Kier molecular flexibility index (Phi) is 10.4. The van der Waals surface area contributed by atoms with Crippen molar-refractivity contribution < 1.29 is 22.0 Å². The highest BCUT2D eigenvalue weighted by molar-refractivity contribution is 5.63. The maximum atomic E-state index is 13.6. The van der Waals surface area contributed by atoms with Crippen molar-refractivity contribution in [3.63, 3.8) is 0 Å². The molecule has 0 spiro atoms. The summed E-state index contributed by atoms with van der Waals surface area (Å²) in [6.07, 6.45) is -1.17. The van der Waals surface area contributed by atoms with Gasteiger partial charge in [-0.15, -0.1) is 0 Å². The van der Waals surface area contributed by atoms with Crippen LogP contribution < -0.4 is 17.1 Å². The van der Waals surface area contributed by atoms with Gasteiger partial charge in [-0.3, -0.25) is 9.78 Å². The van der Waals surface area contributed by atoms with Crippen LogP contribution in [0.15, 0.2) is 34.9 Å². The average Bonchev–Trinajstić information content (AvgIpc) is 2.80. The molecule has 1 fully saturated rings. The molecule has 2 aromatic heterocycles. The number of halogens is 5. The van der Waals surface area contributed by atoms with Gasteiger partial charge in [-0.1, -0.05) is 39.5 Å². The minimum atomic E-state index is -4.69. The largest absolute Gasteiger partial charge is 0.418 e. The number of aromatic nitrogens is 3. The second-order valence-corrected chi connectivity index (χ2v) is 8.70. The van der Waals surface area contributed by atoms with Gasteiger partial charge in [0, 0.05) is 18.8 Å². The van der Waals surface area contributed by atoms with E-state index >= 15 is 0 Å². The maximum Gasteiger partial charge on any atom is 0.418 e. The number of allylic oxidation sites excluding steroid dienone is 1. The zero-order chi connectivity index (χ0) is 27.0. The first-order chi connectivity index (χ1) is 16.9. The lowest BCUT2D eigenvalue weighted by molar-refractivity contribution is -0.138. The summed E-state index contributed by atoms with van der Waals surface area (Å²) in [5.41, 5.74) is 2.87. The van der Waals surface area contributed by atoms with E-state index in [0.29, 0.717) is 17.9 Å². The molecule has 200 valence electrons. The number of hydrogen-bond acceptors (Lipinski definition) is 6. The zero-order valence-corrected chi connectivity index (χ0v) is 20.7. The van der Waals surface area contributed by atoms with E-state index in [1.807, 2.05) is 0 Å². The highest BCUT2D eigenvalue weighted by Gasteiger charge is 2.34. The first kappa shape index (κ1) is 29.2. The number of alkyl halides is 5. The number of nitrogens with two attached hydrogens (primary N) is 2. The SMILES string of the molecule is CCC.CN(N)/C(=C(\N)c1cc(C2CCCCC2)c(=O)n(Cc2ncccc2C(F)(F)F)n1)C(F)F. The minimum absolute atomic E-state index is 0.160. The fourth-order valence-electron chi connectivity index (χ4n) is 4.06. The Bertz CT molecular complexity index is 1080. The molecule has 2 aromatic rings. The van der Waals surface area contributed by atoms with E-state index in [4.69, 9.17) is 11.6 Å². The second kappa shape index (κ2) is 12.8. The van der Waals surface area contributed by atoms with Crippen molar-refractivity contribution in [1.29, 1.82) is 0 Å². The Hall–Kier alpha value is -3.02. The summed E-state index contributed by atoms with van der Waals surface area (Å²) in [5.74, 6) is 5.32. The molecule has 0 saturated heterocycles. The Labute approximate surface area is 207 Å². The summed E-state index contributed by atoms with van der Waals surface area (Å²) < 4.78 is 68.2. The third kappa shape index (κ3) is 7.25. The number of nitrogens with zero attached hydrogens (tertiary/aromatic N) is 4. The maximum absolute atomic E-state index is 13.6. The van der Waals surface area contributed by atoms with Crippen LogP contribution in [-0.2, 0) is 12.7 Å². The molecule has 0 atom stereocenters. The van der Waals surface area contributed by atoms with Gasteiger partial charge in [0.05, 0.1) is 23.5 Å². The second-order valence-electron chi connectivity index (χ2n) is 8.70. The summed E-state index contributed by atoms with van der Waals surface area (Å²) in [5, 5.41) is 4.68. The Morgan fingerprint density at radius 3 is 2.36 bits per heavy atom. The van der Waals surface area contributed by atoms with Crippen LogP contribution in [0.25, 0.3) is 5.70 Å². The first-order valence-corrected chi connectivity index (χ1v) is 11.8. The van der Waals surface area contributed by atoms with Gasteiger partial charge in [-0.25, -0.2) is 19.3 Å². The molecule has 7 nitrogen and oxygen atoms in total. The van der Waals surface area contributed by atoms with Gasteiger partial charge in [-0.05, 0) is 37.0 Å². The quantitative estimate of drug-likeness (QED) is 0.323. The third-order valence-corrected chi connectivity index (χ3v) is 5.68. The van der Waals surface area contributed by atoms with Crippen LogP contribution in [0.1, 0.15) is 80.8 Å². The molecular weight excluding hydrogens is 483 g/mol. The van der Waals surface area contributed by atoms with Crippen molar-refractivity contribution in [2.75, 3.05) is 7.05 Å². The molecule has 2 heterocycles. The molecule has 1 aliphatic carbocycles. The molecule has 0 aliphatic heterocycles. The van der Waals surface area contributed by atoms with Crippen molar-refractivity contribution in [1.82, 2.24) is 19.8 Å². The van der Waals surface area contributed by atoms with E-state index in [0.717, 1.165) is 36.1 Å². The summed E-state index contributed by atoms with van der Waals surface area (Å²) in [6, 6.07) is 3.34. The number of hydrazine groups is 1. The van der Waals surface area contributed by atoms with Gasteiger partial charge < -0.3 is 10.7 Å². The molecule has 36 heavy (non-hydrogen) atoms. The van der Waals surface area contributed by atoms with E-state index in [1.165, 1.54) is 25.7 Å². The Morgan fingerprint density at radius 1 is 1.22 bits per heavy atom. The molecule has 0 amide bonds. The highest BCUT2D eigenvalue weighted by Crippen LogP contribution is 2.33. The molecule has 0 radical (unpaired) electrons. The van der Waals surface area contributed by atoms with Crippen LogP contribution in [0.2, 0.25) is 0 Å². The van der Waals surface area contributed by atoms with E-state index < -0.39 is 47.4 Å². The fourth-order valence-corrected chi connectivity index (χ4v) is 4.06. The zero-order valence-electron chi connectivity index (χ0n) is 20.7. The Balaban J connectivity index is 0.00000145. The molecule has 0 aromatic carbocycles. The van der Waals surface area contributed by atoms with Crippen LogP contribution in [0.4, 0.5) is 22.0 Å². The van der Waals surface area contributed by atoms with Crippen molar-refractivity contribution in [2.45, 2.75) is 77.4 Å². The minimum Gasteiger partial charge on any atom is -0.395 e. The van der Waals surface area contributed by atoms with Crippen LogP contribution in [0.5, 0.6) is 0 Å². The van der Waals surface area contributed by atoms with Gasteiger partial charge in [0.2, 0.25) is 0 Å². The van der Waals surface area contributed by atoms with Gasteiger partial charge in [-0.2, -0.15) is 18.3 Å². The van der Waals surface area contributed by atoms with Gasteiger partial charge in [0.25, 0.3) is 12.0 Å². The molecule has 4 N–H and O–H groups in total. The summed E-state index contributed by atoms with van der Waals surface area (Å²) >= 11 is 0. The average molecular weight is 517 g/mol. The molecule has 1 aliphatic rings. The van der Waals surface area contributed by atoms with Crippen LogP contribution in [-0.4, -0.2) is 33.2 Å². The smallest absolute Gasteiger partial charge is 0.395 e. The van der Waals surface area contributed by atoms with E-state index in [9.17, 15) is 26.7 Å². The molecule has 12 heteroatoms. The van der Waals surface area contributed by atoms with Crippen LogP contribution >= 0.6 is 0 Å². The van der Waals surface area contributed by atoms with Crippen LogP contribution in [0.3, 0.4) is 0 Å². The monoisotopic (exact) mass is 516 g/mol. The topological polar surface area (TPSA) is 103 Å². The first-order valence-electron chi connectivity index (χ1n) is 11.8. The van der Waals surface area contributed by atoms with Crippen molar-refractivity contribution in [3.8, 4) is 0 Å². The molecular formula is C24H33F5N6O. The third-order valence-electron chi connectivity index (χ3n) is 5.68. The number of hydrogen-bond donors (Lipinski definition) is 2. The van der Waals surface area contributed by atoms with Crippen LogP contribution in [0, 0.1) is 0 Å².